The summed E-state index contributed by atoms with van der Waals surface area (Å²) in [5, 5.41) is 35.9. The van der Waals surface area contributed by atoms with Gasteiger partial charge in [0.05, 0.1) is 68.0 Å². The Hall–Kier alpha value is -6.51. The maximum absolute atomic E-state index is 17.3. The van der Waals surface area contributed by atoms with Crippen LogP contribution in [0.2, 0.25) is 18.6 Å². The summed E-state index contributed by atoms with van der Waals surface area (Å²) < 4.78 is 36.3. The molecule has 4 heterocycles. The first-order valence-corrected chi connectivity index (χ1v) is 31.3. The van der Waals surface area contributed by atoms with Gasteiger partial charge in [-0.2, -0.15) is 0 Å². The maximum Gasteiger partial charge on any atom is 0.264 e. The van der Waals surface area contributed by atoms with Crippen LogP contribution in [-0.4, -0.2) is 123 Å². The number of fused-ring (bicyclic) bond motifs is 4. The fraction of sp³-hybridized carbons (Fsp3) is 0.452. The number of nitrogens with zero attached hydrogens (tertiary/aromatic N) is 4. The van der Waals surface area contributed by atoms with Gasteiger partial charge in [-0.25, -0.2) is 0 Å². The molecule has 16 nitrogen and oxygen atoms in total. The van der Waals surface area contributed by atoms with Gasteiger partial charge in [0.15, 0.2) is 5.60 Å². The van der Waals surface area contributed by atoms with Gasteiger partial charge in [0.1, 0.15) is 11.5 Å². The predicted molar refractivity (Wildman–Crippen MR) is 309 cm³/mol. The Morgan fingerprint density at radius 3 is 1.80 bits per heavy atom. The van der Waals surface area contributed by atoms with Crippen molar-refractivity contribution in [3.8, 4) is 11.5 Å². The highest BCUT2D eigenvalue weighted by Gasteiger charge is 2.67. The normalized spacial score (nSPS) is 21.5. The molecule has 4 amide bonds. The molecule has 4 aliphatic heterocycles. The standard InChI is InChI=1S/C62H77FN6O10Si/c1-6-77-48-22-25-53-44(33-48)35-51(64-27-11-13-30-70)59(74)68(53)46-19-17-43(18-20-46)40-67-55-24-21-47(69-54-26-23-49(78-7-2)34-45(54)36-52(60(69)75)65-28-12-14-31-71)37-50(55)62(61(67)76)41(3)58(80(4,5)63)56(79-62)38-57(73)66(29-32-72)39-42-15-9-8-10-16-42/h8-10,15-26,33-34,37,41,51-52,56,58,64-65,70-72H,6-7,11-14,27-32,35-36,38-40H2,1-5H3/t41-,51?,52?,56+,58-,62+/m0/s1. The zero-order chi connectivity index (χ0) is 56.7. The topological polar surface area (TPSA) is 194 Å². The minimum Gasteiger partial charge on any atom is -0.494 e. The Balaban J connectivity index is 1.11. The van der Waals surface area contributed by atoms with Crippen LogP contribution in [0.3, 0.4) is 0 Å². The Morgan fingerprint density at radius 2 is 1.26 bits per heavy atom. The van der Waals surface area contributed by atoms with E-state index >= 15 is 8.90 Å². The molecule has 0 saturated carbocycles. The largest absolute Gasteiger partial charge is 0.494 e. The van der Waals surface area contributed by atoms with Crippen LogP contribution in [0.1, 0.15) is 80.7 Å². The van der Waals surface area contributed by atoms with Crippen molar-refractivity contribution >= 4 is 60.5 Å². The Labute approximate surface area is 470 Å². The number of carbonyl (C=O) groups excluding carboxylic acids is 4. The zero-order valence-corrected chi connectivity index (χ0v) is 47.7. The molecule has 18 heteroatoms. The summed E-state index contributed by atoms with van der Waals surface area (Å²) in [6.07, 6.45) is 2.17. The third kappa shape index (κ3) is 11.9. The van der Waals surface area contributed by atoms with Crippen LogP contribution < -0.4 is 34.8 Å². The lowest BCUT2D eigenvalue weighted by molar-refractivity contribution is -0.150. The highest BCUT2D eigenvalue weighted by Crippen LogP contribution is 2.61. The van der Waals surface area contributed by atoms with Gasteiger partial charge in [0.25, 0.3) is 5.91 Å². The molecule has 426 valence electrons. The Kier molecular flexibility index (Phi) is 18.5. The molecule has 4 aliphatic rings. The summed E-state index contributed by atoms with van der Waals surface area (Å²) in [5.41, 5.74) is 4.25. The monoisotopic (exact) mass is 1110 g/mol. The van der Waals surface area contributed by atoms with Crippen molar-refractivity contribution in [2.24, 2.45) is 5.92 Å². The van der Waals surface area contributed by atoms with Gasteiger partial charge in [-0.1, -0.05) is 49.4 Å². The van der Waals surface area contributed by atoms with Gasteiger partial charge >= 0.3 is 0 Å². The molecule has 0 radical (unpaired) electrons. The highest BCUT2D eigenvalue weighted by atomic mass is 28.4. The van der Waals surface area contributed by atoms with Crippen LogP contribution in [0.5, 0.6) is 11.5 Å². The van der Waals surface area contributed by atoms with Gasteiger partial charge in [0.2, 0.25) is 26.1 Å². The van der Waals surface area contributed by atoms with Crippen molar-refractivity contribution in [3.63, 3.8) is 0 Å². The second kappa shape index (κ2) is 25.5. The summed E-state index contributed by atoms with van der Waals surface area (Å²) in [6, 6.07) is 32.6. The number of aliphatic hydroxyl groups is 3. The van der Waals surface area contributed by atoms with E-state index in [0.717, 1.165) is 27.9 Å². The molecule has 5 aromatic rings. The van der Waals surface area contributed by atoms with E-state index in [1.807, 2.05) is 130 Å². The van der Waals surface area contributed by atoms with Crippen LogP contribution in [0.15, 0.2) is 109 Å². The van der Waals surface area contributed by atoms with Crippen molar-refractivity contribution < 1.29 is 52.8 Å². The lowest BCUT2D eigenvalue weighted by atomic mass is 9.82. The summed E-state index contributed by atoms with van der Waals surface area (Å²) in [7, 11) is -3.78. The molecule has 6 atom stereocenters. The molecule has 0 aromatic heterocycles. The number of carbonyl (C=O) groups is 4. The average Bonchev–Trinajstić information content (AvgIpc) is 4.12. The third-order valence-electron chi connectivity index (χ3n) is 16.1. The number of ether oxygens (including phenoxy) is 3. The molecule has 5 N–H and O–H groups in total. The predicted octanol–water partition coefficient (Wildman–Crippen LogP) is 8.12. The molecular formula is C62H77FN6O10Si. The van der Waals surface area contributed by atoms with Crippen molar-refractivity contribution in [1.82, 2.24) is 15.5 Å². The van der Waals surface area contributed by atoms with Crippen LogP contribution in [-0.2, 0) is 55.4 Å². The van der Waals surface area contributed by atoms with E-state index in [1.165, 1.54) is 0 Å². The van der Waals surface area contributed by atoms with E-state index in [-0.39, 0.29) is 63.6 Å². The van der Waals surface area contributed by atoms with E-state index < -0.39 is 49.6 Å². The lowest BCUT2D eigenvalue weighted by Crippen LogP contribution is -2.49. The van der Waals surface area contributed by atoms with Gasteiger partial charge < -0.3 is 54.1 Å². The number of benzene rings is 5. The number of amides is 4. The molecule has 5 aromatic carbocycles. The van der Waals surface area contributed by atoms with Crippen molar-refractivity contribution in [1.29, 1.82) is 0 Å². The number of hydrogen-bond acceptors (Lipinski definition) is 12. The zero-order valence-electron chi connectivity index (χ0n) is 46.7. The molecule has 1 fully saturated rings. The second-order valence-electron chi connectivity index (χ2n) is 21.8. The van der Waals surface area contributed by atoms with Gasteiger partial charge in [-0.15, -0.1) is 0 Å². The van der Waals surface area contributed by atoms with E-state index in [0.29, 0.717) is 105 Å². The SMILES string of the molecule is CCOc1ccc2c(c1)CC(NCCCCO)C(=O)N2c1ccc(CN2C(=O)[C@]3(O[C@H](CC(=O)N(CCO)Cc4ccccc4)[C@@H]([Si](C)(C)F)[C@@H]3C)c3cc(N4C(=O)C(NCCCCO)Cc5cc(OCC)ccc54)ccc32)cc1. The molecular weight excluding hydrogens is 1040 g/mol. The molecule has 1 spiro atoms. The summed E-state index contributed by atoms with van der Waals surface area (Å²) in [6.45, 7) is 11.0. The van der Waals surface area contributed by atoms with Gasteiger partial charge in [-0.3, -0.25) is 29.0 Å². The minimum absolute atomic E-state index is 0.0367. The summed E-state index contributed by atoms with van der Waals surface area (Å²) in [5.74, 6) is -0.511. The average molecular weight is 1110 g/mol. The van der Waals surface area contributed by atoms with Crippen LogP contribution in [0.4, 0.5) is 32.5 Å². The molecule has 0 bridgehead atoms. The first-order valence-electron chi connectivity index (χ1n) is 28.4. The lowest BCUT2D eigenvalue weighted by Gasteiger charge is -2.36. The number of hydrogen-bond donors (Lipinski definition) is 5. The smallest absolute Gasteiger partial charge is 0.264 e. The third-order valence-corrected chi connectivity index (χ3v) is 18.6. The van der Waals surface area contributed by atoms with E-state index in [2.05, 4.69) is 10.6 Å². The van der Waals surface area contributed by atoms with E-state index in [4.69, 9.17) is 14.2 Å². The molecule has 2 unspecified atom stereocenters. The molecule has 80 heavy (non-hydrogen) atoms. The van der Waals surface area contributed by atoms with E-state index in [9.17, 15) is 29.7 Å². The highest BCUT2D eigenvalue weighted by molar-refractivity contribution is 6.72. The van der Waals surface area contributed by atoms with Crippen LogP contribution >= 0.6 is 0 Å². The van der Waals surface area contributed by atoms with Crippen molar-refractivity contribution in [2.75, 3.05) is 67.4 Å². The number of halogens is 1. The number of anilines is 5. The number of rotatable bonds is 25. The number of aliphatic hydroxyl groups excluding tert-OH is 3. The van der Waals surface area contributed by atoms with Crippen molar-refractivity contribution in [2.45, 2.75) is 121 Å². The van der Waals surface area contributed by atoms with Gasteiger partial charge in [-0.05, 0) is 168 Å². The molecule has 9 rings (SSSR count). The fourth-order valence-corrected chi connectivity index (χ4v) is 14.9. The fourth-order valence-electron chi connectivity index (χ4n) is 12.4. The van der Waals surface area contributed by atoms with Crippen LogP contribution in [0, 0.1) is 5.92 Å². The van der Waals surface area contributed by atoms with Crippen LogP contribution in [0.25, 0.3) is 0 Å². The Morgan fingerprint density at radius 1 is 0.713 bits per heavy atom. The first kappa shape index (κ1) is 58.2. The van der Waals surface area contributed by atoms with Crippen molar-refractivity contribution in [3.05, 3.63) is 137 Å². The first-order chi connectivity index (χ1) is 38.6. The van der Waals surface area contributed by atoms with E-state index in [1.54, 1.807) is 32.7 Å². The summed E-state index contributed by atoms with van der Waals surface area (Å²) in [4.78, 5) is 66.3. The Bertz CT molecular complexity index is 3000. The molecule has 1 saturated heterocycles. The molecule has 0 aliphatic carbocycles. The van der Waals surface area contributed by atoms with Gasteiger partial charge in [0, 0.05) is 54.7 Å². The quantitative estimate of drug-likeness (QED) is 0.0215. The maximum atomic E-state index is 17.3. The second-order valence-corrected chi connectivity index (χ2v) is 25.6. The number of nitrogens with one attached hydrogen (secondary N) is 2. The number of unbranched alkanes of at least 4 members (excludes halogenated alkanes) is 2. The summed E-state index contributed by atoms with van der Waals surface area (Å²) >= 11 is 0. The minimum atomic E-state index is -3.78.